The van der Waals surface area contributed by atoms with Crippen molar-refractivity contribution in [2.24, 2.45) is 5.92 Å². The van der Waals surface area contributed by atoms with Crippen LogP contribution in [0.3, 0.4) is 0 Å². The van der Waals surface area contributed by atoms with Gasteiger partial charge in [-0.2, -0.15) is 0 Å². The Bertz CT molecular complexity index is 1370. The summed E-state index contributed by atoms with van der Waals surface area (Å²) in [7, 11) is 0. The van der Waals surface area contributed by atoms with E-state index in [-0.39, 0.29) is 30.5 Å². The number of ether oxygens (including phenoxy) is 1. The van der Waals surface area contributed by atoms with Crippen molar-refractivity contribution < 1.29 is 4.74 Å². The summed E-state index contributed by atoms with van der Waals surface area (Å²) in [6.45, 7) is 4.13. The van der Waals surface area contributed by atoms with E-state index in [9.17, 15) is 4.79 Å². The summed E-state index contributed by atoms with van der Waals surface area (Å²) in [4.78, 5) is 24.1. The Balaban J connectivity index is 0.00000168. The Hall–Kier alpha value is -2.69. The summed E-state index contributed by atoms with van der Waals surface area (Å²) in [5, 5.41) is 13.6. The van der Waals surface area contributed by atoms with E-state index in [2.05, 4.69) is 40.1 Å². The molecule has 1 aliphatic carbocycles. The van der Waals surface area contributed by atoms with Crippen molar-refractivity contribution in [2.75, 3.05) is 26.2 Å². The van der Waals surface area contributed by atoms with Crippen molar-refractivity contribution in [1.29, 1.82) is 0 Å². The standard InChI is InChI=1S/C26H34N8O2.2ClH/c35-26-28-23-16-19-15-21(8-9-22(19)27-25(23)29-26)36-14-4-7-24-30-31-32-34(24)20-10-12-33(13-11-20)17-18-5-2-1-3-6-18;;/h8-9,15-16,18,20H,1-7,10-14,17H2,(H2,27,28,29,35);2*1H. The highest BCUT2D eigenvalue weighted by molar-refractivity contribution is 5.90. The molecule has 6 rings (SSSR count). The lowest BCUT2D eigenvalue weighted by Crippen LogP contribution is -2.38. The number of H-pyrrole nitrogens is 2. The molecule has 1 saturated heterocycles. The van der Waals surface area contributed by atoms with E-state index in [1.165, 1.54) is 38.6 Å². The summed E-state index contributed by atoms with van der Waals surface area (Å²) in [5.41, 5.74) is 1.82. The summed E-state index contributed by atoms with van der Waals surface area (Å²) < 4.78 is 8.07. The molecular formula is C26H36Cl2N8O2. The fourth-order valence-corrected chi connectivity index (χ4v) is 5.86. The average molecular weight is 564 g/mol. The minimum Gasteiger partial charge on any atom is -0.494 e. The van der Waals surface area contributed by atoms with Crippen LogP contribution < -0.4 is 10.4 Å². The molecule has 1 aliphatic heterocycles. The van der Waals surface area contributed by atoms with Crippen LogP contribution in [0.2, 0.25) is 0 Å². The highest BCUT2D eigenvalue weighted by Gasteiger charge is 2.25. The number of imidazole rings is 1. The Morgan fingerprint density at radius 1 is 1.00 bits per heavy atom. The molecule has 0 amide bonds. The van der Waals surface area contributed by atoms with Gasteiger partial charge in [-0.25, -0.2) is 14.5 Å². The van der Waals surface area contributed by atoms with Crippen molar-refractivity contribution in [2.45, 2.75) is 63.8 Å². The van der Waals surface area contributed by atoms with Gasteiger partial charge in [0.15, 0.2) is 11.5 Å². The SMILES string of the molecule is Cl.Cl.O=c1[nH]c2cc3cc(OCCCc4nnnn4C4CCN(CC5CCCCC5)CC4)ccc3nc2[nH]1. The van der Waals surface area contributed by atoms with Crippen LogP contribution in [-0.4, -0.2) is 66.3 Å². The van der Waals surface area contributed by atoms with Gasteiger partial charge in [-0.1, -0.05) is 19.3 Å². The highest BCUT2D eigenvalue weighted by Crippen LogP contribution is 2.28. The molecule has 0 atom stereocenters. The first kappa shape index (κ1) is 28.3. The molecule has 2 N–H and O–H groups in total. The number of pyridine rings is 1. The molecule has 0 spiro atoms. The van der Waals surface area contributed by atoms with E-state index >= 15 is 0 Å². The van der Waals surface area contributed by atoms with Crippen LogP contribution in [0.15, 0.2) is 29.1 Å². The maximum Gasteiger partial charge on any atom is 0.325 e. The Labute approximate surface area is 233 Å². The van der Waals surface area contributed by atoms with Crippen LogP contribution in [0.25, 0.3) is 22.1 Å². The second-order valence-electron chi connectivity index (χ2n) is 10.3. The Morgan fingerprint density at radius 2 is 1.82 bits per heavy atom. The zero-order valence-corrected chi connectivity index (χ0v) is 23.1. The number of aryl methyl sites for hydroxylation is 1. The van der Waals surface area contributed by atoms with Crippen LogP contribution in [-0.2, 0) is 6.42 Å². The Kier molecular flexibility index (Phi) is 9.62. The number of nitrogens with zero attached hydrogens (tertiary/aromatic N) is 6. The van der Waals surface area contributed by atoms with Gasteiger partial charge in [0.1, 0.15) is 5.75 Å². The number of nitrogens with one attached hydrogen (secondary N) is 2. The average Bonchev–Trinajstić information content (AvgIpc) is 3.51. The van der Waals surface area contributed by atoms with E-state index < -0.39 is 0 Å². The minimum absolute atomic E-state index is 0. The number of tetrazole rings is 1. The second-order valence-corrected chi connectivity index (χ2v) is 10.3. The molecule has 1 aromatic carbocycles. The van der Waals surface area contributed by atoms with Crippen LogP contribution in [0.5, 0.6) is 5.75 Å². The predicted octanol–water partition coefficient (Wildman–Crippen LogP) is 4.46. The number of hydrogen-bond acceptors (Lipinski definition) is 7. The molecule has 206 valence electrons. The summed E-state index contributed by atoms with van der Waals surface area (Å²) in [5.74, 6) is 2.63. The summed E-state index contributed by atoms with van der Waals surface area (Å²) in [6.07, 6.45) is 10.9. The van der Waals surface area contributed by atoms with Gasteiger partial charge in [-0.3, -0.25) is 4.98 Å². The third kappa shape index (κ3) is 6.47. The lowest BCUT2D eigenvalue weighted by molar-refractivity contribution is 0.141. The van der Waals surface area contributed by atoms with Crippen LogP contribution in [0.4, 0.5) is 0 Å². The molecule has 2 fully saturated rings. The zero-order chi connectivity index (χ0) is 24.3. The third-order valence-electron chi connectivity index (χ3n) is 7.78. The number of halogens is 2. The Morgan fingerprint density at radius 3 is 2.63 bits per heavy atom. The highest BCUT2D eigenvalue weighted by atomic mass is 35.5. The number of piperidine rings is 1. The van der Waals surface area contributed by atoms with Crippen molar-refractivity contribution in [1.82, 2.24) is 40.1 Å². The van der Waals surface area contributed by atoms with E-state index in [0.717, 1.165) is 67.2 Å². The molecule has 2 aliphatic rings. The van der Waals surface area contributed by atoms with E-state index in [4.69, 9.17) is 4.74 Å². The number of fused-ring (bicyclic) bond motifs is 2. The third-order valence-corrected chi connectivity index (χ3v) is 7.78. The summed E-state index contributed by atoms with van der Waals surface area (Å²) >= 11 is 0. The lowest BCUT2D eigenvalue weighted by Gasteiger charge is -2.35. The normalized spacial score (nSPS) is 17.4. The fraction of sp³-hybridized carbons (Fsp3) is 0.577. The molecule has 0 radical (unpaired) electrons. The fourth-order valence-electron chi connectivity index (χ4n) is 5.86. The number of aromatic amines is 2. The number of benzene rings is 1. The maximum atomic E-state index is 11.5. The molecule has 12 heteroatoms. The molecule has 4 heterocycles. The maximum absolute atomic E-state index is 11.5. The lowest BCUT2D eigenvalue weighted by atomic mass is 9.88. The number of likely N-dealkylation sites (tertiary alicyclic amines) is 1. The van der Waals surface area contributed by atoms with E-state index in [0.29, 0.717) is 23.8 Å². The smallest absolute Gasteiger partial charge is 0.325 e. The number of aromatic nitrogens is 7. The first-order chi connectivity index (χ1) is 17.7. The predicted molar refractivity (Wildman–Crippen MR) is 152 cm³/mol. The first-order valence-electron chi connectivity index (χ1n) is 13.4. The van der Waals surface area contributed by atoms with Gasteiger partial charge in [0.2, 0.25) is 0 Å². The van der Waals surface area contributed by atoms with Crippen molar-refractivity contribution in [3.63, 3.8) is 0 Å². The van der Waals surface area contributed by atoms with Gasteiger partial charge < -0.3 is 14.6 Å². The van der Waals surface area contributed by atoms with Gasteiger partial charge in [0.25, 0.3) is 0 Å². The summed E-state index contributed by atoms with van der Waals surface area (Å²) in [6, 6.07) is 8.09. The second kappa shape index (κ2) is 12.9. The van der Waals surface area contributed by atoms with Gasteiger partial charge in [-0.05, 0) is 72.7 Å². The first-order valence-corrected chi connectivity index (χ1v) is 13.4. The topological polar surface area (TPSA) is 118 Å². The molecule has 0 bridgehead atoms. The molecule has 38 heavy (non-hydrogen) atoms. The quantitative estimate of drug-likeness (QED) is 0.304. The zero-order valence-electron chi connectivity index (χ0n) is 21.5. The number of hydrogen-bond donors (Lipinski definition) is 2. The largest absolute Gasteiger partial charge is 0.494 e. The van der Waals surface area contributed by atoms with Gasteiger partial charge >= 0.3 is 5.69 Å². The molecule has 3 aromatic heterocycles. The van der Waals surface area contributed by atoms with Crippen LogP contribution in [0.1, 0.15) is 63.2 Å². The van der Waals surface area contributed by atoms with E-state index in [1.807, 2.05) is 24.3 Å². The van der Waals surface area contributed by atoms with Crippen molar-refractivity contribution in [3.8, 4) is 5.75 Å². The van der Waals surface area contributed by atoms with Gasteiger partial charge in [0.05, 0.1) is 23.7 Å². The van der Waals surface area contributed by atoms with Gasteiger partial charge in [0, 0.05) is 31.4 Å². The monoisotopic (exact) mass is 562 g/mol. The van der Waals surface area contributed by atoms with E-state index in [1.54, 1.807) is 0 Å². The van der Waals surface area contributed by atoms with Crippen LogP contribution >= 0.6 is 24.8 Å². The van der Waals surface area contributed by atoms with Crippen molar-refractivity contribution >= 4 is 46.9 Å². The van der Waals surface area contributed by atoms with Crippen LogP contribution in [0, 0.1) is 5.92 Å². The minimum atomic E-state index is -0.253. The molecular weight excluding hydrogens is 527 g/mol. The number of rotatable bonds is 8. The molecule has 0 unspecified atom stereocenters. The van der Waals surface area contributed by atoms with Crippen molar-refractivity contribution in [3.05, 3.63) is 40.6 Å². The molecule has 1 saturated carbocycles. The molecule has 10 nitrogen and oxygen atoms in total. The molecule has 4 aromatic rings. The van der Waals surface area contributed by atoms with Gasteiger partial charge in [-0.15, -0.1) is 29.9 Å².